The van der Waals surface area contributed by atoms with Crippen molar-refractivity contribution >= 4 is 23.1 Å². The Bertz CT molecular complexity index is 514. The predicted octanol–water partition coefficient (Wildman–Crippen LogP) is 3.77. The first-order chi connectivity index (χ1) is 9.86. The van der Waals surface area contributed by atoms with Crippen LogP contribution in [0.5, 0.6) is 0 Å². The van der Waals surface area contributed by atoms with Gasteiger partial charge in [0.25, 0.3) is 0 Å². The first kappa shape index (κ1) is 14.1. The van der Waals surface area contributed by atoms with Gasteiger partial charge < -0.3 is 5.32 Å². The third-order valence-electron chi connectivity index (χ3n) is 3.68. The van der Waals surface area contributed by atoms with Gasteiger partial charge in [-0.1, -0.05) is 25.1 Å². The maximum atomic E-state index is 4.21. The molecule has 0 radical (unpaired) electrons. The fourth-order valence-corrected chi connectivity index (χ4v) is 4.72. The molecule has 4 heteroatoms. The van der Waals surface area contributed by atoms with E-state index in [1.807, 2.05) is 23.5 Å². The Morgan fingerprint density at radius 3 is 3.05 bits per heavy atom. The normalized spacial score (nSPS) is 18.9. The summed E-state index contributed by atoms with van der Waals surface area (Å²) < 4.78 is 0. The van der Waals surface area contributed by atoms with Crippen LogP contribution < -0.4 is 5.32 Å². The molecule has 0 aliphatic carbocycles. The summed E-state index contributed by atoms with van der Waals surface area (Å²) in [7, 11) is 0. The lowest BCUT2D eigenvalue weighted by Gasteiger charge is -2.23. The first-order valence-corrected chi connectivity index (χ1v) is 8.98. The number of nitrogens with one attached hydrogen (secondary N) is 1. The summed E-state index contributed by atoms with van der Waals surface area (Å²) in [6, 6.07) is 9.36. The molecule has 3 rings (SSSR count). The van der Waals surface area contributed by atoms with Crippen LogP contribution >= 0.6 is 23.1 Å². The van der Waals surface area contributed by atoms with Crippen molar-refractivity contribution in [2.45, 2.75) is 42.4 Å². The Morgan fingerprint density at radius 2 is 2.30 bits per heavy atom. The molecule has 1 N–H and O–H groups in total. The van der Waals surface area contributed by atoms with Crippen molar-refractivity contribution in [2.75, 3.05) is 6.54 Å². The van der Waals surface area contributed by atoms with Gasteiger partial charge in [0.05, 0.1) is 5.51 Å². The summed E-state index contributed by atoms with van der Waals surface area (Å²) in [6.45, 7) is 3.32. The summed E-state index contributed by atoms with van der Waals surface area (Å²) in [4.78, 5) is 7.05. The van der Waals surface area contributed by atoms with Gasteiger partial charge in [-0.2, -0.15) is 0 Å². The van der Waals surface area contributed by atoms with Gasteiger partial charge in [-0.25, -0.2) is 0 Å². The van der Waals surface area contributed by atoms with E-state index in [0.29, 0.717) is 11.3 Å². The van der Waals surface area contributed by atoms with Gasteiger partial charge in [0.15, 0.2) is 0 Å². The first-order valence-electron chi connectivity index (χ1n) is 7.22. The number of aromatic nitrogens is 1. The SMILES string of the molecule is CCCNC(Cc1cncs1)C1Cc2ccccc2S1. The maximum Gasteiger partial charge on any atom is 0.0794 e. The van der Waals surface area contributed by atoms with Crippen LogP contribution in [0.1, 0.15) is 23.8 Å². The third kappa shape index (κ3) is 3.25. The van der Waals surface area contributed by atoms with Gasteiger partial charge in [-0.3, -0.25) is 4.98 Å². The van der Waals surface area contributed by atoms with Gasteiger partial charge in [0.1, 0.15) is 0 Å². The van der Waals surface area contributed by atoms with E-state index in [1.165, 1.54) is 28.2 Å². The zero-order valence-electron chi connectivity index (χ0n) is 11.7. The number of hydrogen-bond acceptors (Lipinski definition) is 4. The summed E-state index contributed by atoms with van der Waals surface area (Å²) in [5.74, 6) is 0. The summed E-state index contributed by atoms with van der Waals surface area (Å²) in [6.07, 6.45) is 5.47. The Morgan fingerprint density at radius 1 is 1.40 bits per heavy atom. The average Bonchev–Trinajstić information content (AvgIpc) is 3.12. The van der Waals surface area contributed by atoms with Crippen LogP contribution in [0.25, 0.3) is 0 Å². The number of thioether (sulfide) groups is 1. The van der Waals surface area contributed by atoms with Crippen molar-refractivity contribution in [3.05, 3.63) is 46.4 Å². The standard InChI is InChI=1S/C16H20N2S2/c1-2-7-18-14(9-13-10-17-11-19-13)16-8-12-5-3-4-6-15(12)20-16/h3-6,10-11,14,16,18H,2,7-9H2,1H3. The Labute approximate surface area is 129 Å². The van der Waals surface area contributed by atoms with Gasteiger partial charge in [0, 0.05) is 27.3 Å². The molecule has 0 bridgehead atoms. The van der Waals surface area contributed by atoms with Crippen LogP contribution in [0.15, 0.2) is 40.9 Å². The topological polar surface area (TPSA) is 24.9 Å². The largest absolute Gasteiger partial charge is 0.313 e. The Hall–Kier alpha value is -0.840. The molecule has 0 spiro atoms. The molecule has 2 aromatic rings. The van der Waals surface area contributed by atoms with Crippen molar-refractivity contribution in [1.82, 2.24) is 10.3 Å². The number of thiazole rings is 1. The third-order valence-corrected chi connectivity index (χ3v) is 5.93. The monoisotopic (exact) mass is 304 g/mol. The zero-order chi connectivity index (χ0) is 13.8. The molecular formula is C16H20N2S2. The number of hydrogen-bond donors (Lipinski definition) is 1. The lowest BCUT2D eigenvalue weighted by molar-refractivity contribution is 0.493. The molecule has 1 aromatic carbocycles. The molecule has 0 saturated carbocycles. The minimum atomic E-state index is 0.535. The quantitative estimate of drug-likeness (QED) is 0.879. The molecule has 0 amide bonds. The minimum Gasteiger partial charge on any atom is -0.313 e. The lowest BCUT2D eigenvalue weighted by Crippen LogP contribution is -2.40. The van der Waals surface area contributed by atoms with Crippen LogP contribution in [0.4, 0.5) is 0 Å². The van der Waals surface area contributed by atoms with Crippen molar-refractivity contribution < 1.29 is 0 Å². The molecule has 2 unspecified atom stereocenters. The fourth-order valence-electron chi connectivity index (χ4n) is 2.66. The summed E-state index contributed by atoms with van der Waals surface area (Å²) >= 11 is 3.81. The molecule has 2 atom stereocenters. The highest BCUT2D eigenvalue weighted by Crippen LogP contribution is 2.39. The number of nitrogens with zero attached hydrogens (tertiary/aromatic N) is 1. The zero-order valence-corrected chi connectivity index (χ0v) is 13.3. The van der Waals surface area contributed by atoms with Crippen LogP contribution in [-0.4, -0.2) is 22.8 Å². The van der Waals surface area contributed by atoms with Gasteiger partial charge in [0.2, 0.25) is 0 Å². The van der Waals surface area contributed by atoms with Crippen LogP contribution in [-0.2, 0) is 12.8 Å². The van der Waals surface area contributed by atoms with Gasteiger partial charge in [-0.05, 0) is 37.4 Å². The fraction of sp³-hybridized carbons (Fsp3) is 0.438. The van der Waals surface area contributed by atoms with E-state index < -0.39 is 0 Å². The molecule has 2 heterocycles. The Kier molecular flexibility index (Phi) is 4.76. The minimum absolute atomic E-state index is 0.535. The van der Waals surface area contributed by atoms with E-state index in [2.05, 4.69) is 41.5 Å². The second-order valence-corrected chi connectivity index (χ2v) is 7.45. The van der Waals surface area contributed by atoms with E-state index in [9.17, 15) is 0 Å². The van der Waals surface area contributed by atoms with Crippen LogP contribution in [0.2, 0.25) is 0 Å². The van der Waals surface area contributed by atoms with Gasteiger partial charge in [-0.15, -0.1) is 23.1 Å². The lowest BCUT2D eigenvalue weighted by atomic mass is 10.0. The number of rotatable bonds is 6. The van der Waals surface area contributed by atoms with Crippen molar-refractivity contribution in [3.8, 4) is 0 Å². The molecule has 2 nitrogen and oxygen atoms in total. The molecule has 1 aliphatic rings. The van der Waals surface area contributed by atoms with Crippen LogP contribution in [0, 0.1) is 0 Å². The van der Waals surface area contributed by atoms with Crippen LogP contribution in [0.3, 0.4) is 0 Å². The highest BCUT2D eigenvalue weighted by Gasteiger charge is 2.29. The number of fused-ring (bicyclic) bond motifs is 1. The Balaban J connectivity index is 1.70. The van der Waals surface area contributed by atoms with Crippen molar-refractivity contribution in [2.24, 2.45) is 0 Å². The molecule has 0 saturated heterocycles. The molecule has 106 valence electrons. The van der Waals surface area contributed by atoms with E-state index in [4.69, 9.17) is 0 Å². The molecule has 1 aliphatic heterocycles. The van der Waals surface area contributed by atoms with E-state index in [1.54, 1.807) is 11.3 Å². The summed E-state index contributed by atoms with van der Waals surface area (Å²) in [5, 5.41) is 4.38. The van der Waals surface area contributed by atoms with Crippen molar-refractivity contribution in [3.63, 3.8) is 0 Å². The summed E-state index contributed by atoms with van der Waals surface area (Å²) in [5.41, 5.74) is 3.44. The number of benzene rings is 1. The second kappa shape index (κ2) is 6.74. The highest BCUT2D eigenvalue weighted by molar-refractivity contribution is 8.00. The highest BCUT2D eigenvalue weighted by atomic mass is 32.2. The molecule has 20 heavy (non-hydrogen) atoms. The predicted molar refractivity (Wildman–Crippen MR) is 87.7 cm³/mol. The average molecular weight is 304 g/mol. The smallest absolute Gasteiger partial charge is 0.0794 e. The second-order valence-electron chi connectivity index (χ2n) is 5.20. The molecule has 1 aromatic heterocycles. The van der Waals surface area contributed by atoms with E-state index in [-0.39, 0.29) is 0 Å². The van der Waals surface area contributed by atoms with Crippen molar-refractivity contribution in [1.29, 1.82) is 0 Å². The van der Waals surface area contributed by atoms with E-state index >= 15 is 0 Å². The van der Waals surface area contributed by atoms with E-state index in [0.717, 1.165) is 13.0 Å². The van der Waals surface area contributed by atoms with Gasteiger partial charge >= 0.3 is 0 Å². The molecule has 0 fully saturated rings. The molecular weight excluding hydrogens is 284 g/mol. The maximum absolute atomic E-state index is 4.21.